The number of carbonyl (C=O) groups is 1. The van der Waals surface area contributed by atoms with Crippen molar-refractivity contribution in [2.75, 3.05) is 11.9 Å². The van der Waals surface area contributed by atoms with Gasteiger partial charge in [0.25, 0.3) is 5.91 Å². The van der Waals surface area contributed by atoms with Crippen molar-refractivity contribution in [3.8, 4) is 0 Å². The fourth-order valence-electron chi connectivity index (χ4n) is 4.18. The highest BCUT2D eigenvalue weighted by molar-refractivity contribution is 5.92. The van der Waals surface area contributed by atoms with E-state index >= 15 is 0 Å². The molecule has 4 rings (SSSR count). The molecule has 2 aliphatic rings. The molecule has 29 heavy (non-hydrogen) atoms. The van der Waals surface area contributed by atoms with E-state index in [2.05, 4.69) is 15.4 Å². The van der Waals surface area contributed by atoms with E-state index in [1.807, 2.05) is 13.8 Å². The van der Waals surface area contributed by atoms with E-state index < -0.39 is 12.2 Å². The van der Waals surface area contributed by atoms with Gasteiger partial charge in [0.05, 0.1) is 11.7 Å². The van der Waals surface area contributed by atoms with Gasteiger partial charge in [-0.1, -0.05) is 19.9 Å². The number of carbonyl (C=O) groups excluding carboxylic acids is 1. The minimum absolute atomic E-state index is 0.0562. The van der Waals surface area contributed by atoms with Gasteiger partial charge in [0.1, 0.15) is 11.5 Å². The Morgan fingerprint density at radius 2 is 2.10 bits per heavy atom. The van der Waals surface area contributed by atoms with Crippen LogP contribution in [0.25, 0.3) is 0 Å². The summed E-state index contributed by atoms with van der Waals surface area (Å²) < 4.78 is 42.2. The maximum absolute atomic E-state index is 13.7. The summed E-state index contributed by atoms with van der Waals surface area (Å²) in [6.07, 6.45) is -1.45. The zero-order valence-corrected chi connectivity index (χ0v) is 16.4. The number of hydrogen-bond donors (Lipinski definition) is 1. The Balaban J connectivity index is 1.65. The third kappa shape index (κ3) is 3.70. The van der Waals surface area contributed by atoms with Gasteiger partial charge in [-0.3, -0.25) is 9.78 Å². The topological polar surface area (TPSA) is 63.1 Å². The first-order chi connectivity index (χ1) is 13.8. The molecule has 1 N–H and O–H groups in total. The molecule has 3 atom stereocenters. The lowest BCUT2D eigenvalue weighted by Crippen LogP contribution is -2.41. The maximum atomic E-state index is 13.7. The van der Waals surface area contributed by atoms with Gasteiger partial charge in [-0.05, 0) is 37.3 Å². The monoisotopic (exact) mass is 407 g/mol. The predicted octanol–water partition coefficient (Wildman–Crippen LogP) is 4.20. The second-order valence-electron chi connectivity index (χ2n) is 8.06. The van der Waals surface area contributed by atoms with E-state index in [1.54, 1.807) is 35.4 Å². The zero-order valence-electron chi connectivity index (χ0n) is 16.4. The first-order valence-corrected chi connectivity index (χ1v) is 9.90. The molecular weight excluding hydrogens is 383 g/mol. The molecule has 0 saturated carbocycles. The Morgan fingerprint density at radius 3 is 2.76 bits per heavy atom. The van der Waals surface area contributed by atoms with Crippen molar-refractivity contribution in [2.45, 2.75) is 57.4 Å². The molecule has 156 valence electrons. The van der Waals surface area contributed by atoms with Gasteiger partial charge in [0.15, 0.2) is 6.04 Å². The molecule has 0 spiro atoms. The van der Waals surface area contributed by atoms with Gasteiger partial charge < -0.3 is 10.2 Å². The number of pyridine rings is 1. The SMILES string of the molecule is CC(C)[C@@H]1C[C@H](C(F)(F)F)n2nc([C@@H]3CCCN3C(=O)c3ccccn3)cc2N1. The number of anilines is 1. The molecule has 0 bridgehead atoms. The summed E-state index contributed by atoms with van der Waals surface area (Å²) in [5.41, 5.74) is 0.822. The number of nitrogens with zero attached hydrogens (tertiary/aromatic N) is 4. The summed E-state index contributed by atoms with van der Waals surface area (Å²) in [5, 5.41) is 7.52. The fourth-order valence-corrected chi connectivity index (χ4v) is 4.18. The summed E-state index contributed by atoms with van der Waals surface area (Å²) in [4.78, 5) is 18.7. The number of fused-ring (bicyclic) bond motifs is 1. The van der Waals surface area contributed by atoms with Crippen molar-refractivity contribution in [1.29, 1.82) is 0 Å². The Kier molecular flexibility index (Phi) is 5.00. The molecule has 2 aromatic rings. The van der Waals surface area contributed by atoms with Crippen molar-refractivity contribution < 1.29 is 18.0 Å². The lowest BCUT2D eigenvalue weighted by molar-refractivity contribution is -0.174. The average molecular weight is 407 g/mol. The van der Waals surface area contributed by atoms with E-state index in [4.69, 9.17) is 0 Å². The van der Waals surface area contributed by atoms with Crippen LogP contribution in [0.4, 0.5) is 19.0 Å². The van der Waals surface area contributed by atoms with Crippen molar-refractivity contribution >= 4 is 11.7 Å². The molecule has 0 aromatic carbocycles. The van der Waals surface area contributed by atoms with Crippen molar-refractivity contribution in [2.24, 2.45) is 5.92 Å². The van der Waals surface area contributed by atoms with Gasteiger partial charge in [0.2, 0.25) is 0 Å². The number of nitrogens with one attached hydrogen (secondary N) is 1. The highest BCUT2D eigenvalue weighted by atomic mass is 19.4. The summed E-state index contributed by atoms with van der Waals surface area (Å²) >= 11 is 0. The van der Waals surface area contributed by atoms with Crippen LogP contribution in [-0.4, -0.2) is 44.3 Å². The van der Waals surface area contributed by atoms with Crippen LogP contribution >= 0.6 is 0 Å². The summed E-state index contributed by atoms with van der Waals surface area (Å²) in [6.45, 7) is 4.34. The third-order valence-electron chi connectivity index (χ3n) is 5.78. The molecule has 2 aromatic heterocycles. The first kappa shape index (κ1) is 19.7. The number of aromatic nitrogens is 3. The van der Waals surface area contributed by atoms with Crippen molar-refractivity contribution in [3.63, 3.8) is 0 Å². The Morgan fingerprint density at radius 1 is 1.31 bits per heavy atom. The zero-order chi connectivity index (χ0) is 20.8. The number of halogens is 3. The van der Waals surface area contributed by atoms with Crippen LogP contribution in [0, 0.1) is 5.92 Å². The molecule has 1 amide bonds. The van der Waals surface area contributed by atoms with Crippen molar-refractivity contribution in [1.82, 2.24) is 19.7 Å². The van der Waals surface area contributed by atoms with Crippen LogP contribution in [0.2, 0.25) is 0 Å². The molecular formula is C20H24F3N5O. The van der Waals surface area contributed by atoms with Crippen molar-refractivity contribution in [3.05, 3.63) is 41.9 Å². The standard InChI is InChI=1S/C20H24F3N5O/c1-12(2)14-10-17(20(21,22)23)28-18(25-14)11-15(26-28)16-7-5-9-27(16)19(29)13-6-3-4-8-24-13/h3-4,6,8,11-12,14,16-17,25H,5,7,9-10H2,1-2H3/t14-,16-,17+/m0/s1. The number of rotatable bonds is 3. The number of amides is 1. The second kappa shape index (κ2) is 7.35. The van der Waals surface area contributed by atoms with E-state index in [0.717, 1.165) is 11.1 Å². The minimum atomic E-state index is -4.38. The predicted molar refractivity (Wildman–Crippen MR) is 101 cm³/mol. The van der Waals surface area contributed by atoms with Gasteiger partial charge in [0, 0.05) is 24.8 Å². The molecule has 4 heterocycles. The fraction of sp³-hybridized carbons (Fsp3) is 0.550. The number of hydrogen-bond acceptors (Lipinski definition) is 4. The van der Waals surface area contributed by atoms with Crippen LogP contribution in [0.5, 0.6) is 0 Å². The summed E-state index contributed by atoms with van der Waals surface area (Å²) in [6, 6.07) is 4.48. The second-order valence-corrected chi connectivity index (χ2v) is 8.06. The number of likely N-dealkylation sites (tertiary alicyclic amines) is 1. The van der Waals surface area contributed by atoms with E-state index in [-0.39, 0.29) is 30.3 Å². The molecule has 9 heteroatoms. The molecule has 0 aliphatic carbocycles. The minimum Gasteiger partial charge on any atom is -0.367 e. The van der Waals surface area contributed by atoms with Gasteiger partial charge >= 0.3 is 6.18 Å². The number of alkyl halides is 3. The molecule has 1 saturated heterocycles. The lowest BCUT2D eigenvalue weighted by Gasteiger charge is -2.35. The summed E-state index contributed by atoms with van der Waals surface area (Å²) in [5.74, 6) is 0.199. The molecule has 0 radical (unpaired) electrons. The Hall–Kier alpha value is -2.58. The molecule has 6 nitrogen and oxygen atoms in total. The first-order valence-electron chi connectivity index (χ1n) is 9.90. The third-order valence-corrected chi connectivity index (χ3v) is 5.78. The van der Waals surface area contributed by atoms with Crippen LogP contribution in [0.3, 0.4) is 0 Å². The van der Waals surface area contributed by atoms with Crippen LogP contribution in [0.1, 0.15) is 61.4 Å². The Labute approximate surface area is 167 Å². The lowest BCUT2D eigenvalue weighted by atomic mass is 9.94. The van der Waals surface area contributed by atoms with Gasteiger partial charge in [-0.25, -0.2) is 4.68 Å². The van der Waals surface area contributed by atoms with Crippen LogP contribution in [0.15, 0.2) is 30.5 Å². The van der Waals surface area contributed by atoms with Gasteiger partial charge in [-0.15, -0.1) is 0 Å². The highest BCUT2D eigenvalue weighted by Crippen LogP contribution is 2.42. The van der Waals surface area contributed by atoms with E-state index in [9.17, 15) is 18.0 Å². The maximum Gasteiger partial charge on any atom is 0.410 e. The van der Waals surface area contributed by atoms with Gasteiger partial charge in [-0.2, -0.15) is 18.3 Å². The smallest absolute Gasteiger partial charge is 0.367 e. The summed E-state index contributed by atoms with van der Waals surface area (Å²) in [7, 11) is 0. The largest absolute Gasteiger partial charge is 0.410 e. The van der Waals surface area contributed by atoms with Crippen LogP contribution in [-0.2, 0) is 0 Å². The normalized spacial score (nSPS) is 24.5. The van der Waals surface area contributed by atoms with E-state index in [1.165, 1.54) is 0 Å². The molecule has 2 aliphatic heterocycles. The molecule has 0 unspecified atom stereocenters. The quantitative estimate of drug-likeness (QED) is 0.828. The van der Waals surface area contributed by atoms with E-state index in [0.29, 0.717) is 30.2 Å². The Bertz CT molecular complexity index is 880. The molecule has 1 fully saturated rings. The highest BCUT2D eigenvalue weighted by Gasteiger charge is 2.47. The van der Waals surface area contributed by atoms with Crippen LogP contribution < -0.4 is 5.32 Å². The average Bonchev–Trinajstić information content (AvgIpc) is 3.32.